The quantitative estimate of drug-likeness (QED) is 0.791. The lowest BCUT2D eigenvalue weighted by molar-refractivity contribution is -0.149. The van der Waals surface area contributed by atoms with Crippen molar-refractivity contribution in [2.45, 2.75) is 25.6 Å². The highest BCUT2D eigenvalue weighted by Gasteiger charge is 2.32. The van der Waals surface area contributed by atoms with Crippen molar-refractivity contribution in [1.29, 1.82) is 0 Å². The number of rotatable bonds is 4. The minimum Gasteiger partial charge on any atom is -0.329 e. The molecule has 1 unspecified atom stereocenters. The molecule has 0 saturated carbocycles. The van der Waals surface area contributed by atoms with Gasteiger partial charge in [-0.25, -0.2) is 0 Å². The van der Waals surface area contributed by atoms with E-state index in [1.807, 2.05) is 0 Å². The fourth-order valence-electron chi connectivity index (χ4n) is 2.11. The van der Waals surface area contributed by atoms with Crippen LogP contribution in [0.15, 0.2) is 0 Å². The predicted octanol–water partition coefficient (Wildman–Crippen LogP) is 0.904. The first-order chi connectivity index (χ1) is 7.46. The molecule has 3 nitrogen and oxygen atoms in total. The second kappa shape index (κ2) is 5.84. The Labute approximate surface area is 94.4 Å². The number of piperazine rings is 1. The minimum atomic E-state index is -4.08. The lowest BCUT2D eigenvalue weighted by Crippen LogP contribution is -2.53. The summed E-state index contributed by atoms with van der Waals surface area (Å²) in [7, 11) is 0. The molecule has 0 radical (unpaired) electrons. The Morgan fingerprint density at radius 3 is 2.12 bits per heavy atom. The highest BCUT2D eigenvalue weighted by molar-refractivity contribution is 4.79. The smallest absolute Gasteiger partial charge is 0.329 e. The molecule has 0 bridgehead atoms. The second-order valence-electron chi connectivity index (χ2n) is 4.23. The highest BCUT2D eigenvalue weighted by atomic mass is 19.4. The van der Waals surface area contributed by atoms with E-state index in [-0.39, 0.29) is 0 Å². The van der Waals surface area contributed by atoms with Crippen LogP contribution in [0.4, 0.5) is 13.2 Å². The third kappa shape index (κ3) is 4.27. The van der Waals surface area contributed by atoms with Crippen molar-refractivity contribution < 1.29 is 13.2 Å². The SMILES string of the molecule is CCC(CN)N1CCN(CC(F)(F)F)CC1. The summed E-state index contributed by atoms with van der Waals surface area (Å²) >= 11 is 0. The Kier molecular flexibility index (Phi) is 5.01. The van der Waals surface area contributed by atoms with Gasteiger partial charge in [-0.3, -0.25) is 9.80 Å². The fraction of sp³-hybridized carbons (Fsp3) is 1.00. The third-order valence-electron chi connectivity index (χ3n) is 3.07. The number of alkyl halides is 3. The van der Waals surface area contributed by atoms with Crippen LogP contribution in [0.3, 0.4) is 0 Å². The first-order valence-electron chi connectivity index (χ1n) is 5.69. The van der Waals surface area contributed by atoms with Gasteiger partial charge in [0.15, 0.2) is 0 Å². The van der Waals surface area contributed by atoms with Gasteiger partial charge in [0.2, 0.25) is 0 Å². The lowest BCUT2D eigenvalue weighted by atomic mass is 10.1. The fourth-order valence-corrected chi connectivity index (χ4v) is 2.11. The molecule has 1 fully saturated rings. The molecular weight excluding hydrogens is 219 g/mol. The Morgan fingerprint density at radius 2 is 1.75 bits per heavy atom. The van der Waals surface area contributed by atoms with Crippen molar-refractivity contribution in [1.82, 2.24) is 9.80 Å². The molecule has 1 saturated heterocycles. The van der Waals surface area contributed by atoms with Gasteiger partial charge in [-0.2, -0.15) is 13.2 Å². The molecule has 0 aliphatic carbocycles. The highest BCUT2D eigenvalue weighted by Crippen LogP contribution is 2.18. The summed E-state index contributed by atoms with van der Waals surface area (Å²) in [6.07, 6.45) is -3.13. The van der Waals surface area contributed by atoms with Gasteiger partial charge >= 0.3 is 6.18 Å². The molecule has 0 aromatic heterocycles. The van der Waals surface area contributed by atoms with Crippen molar-refractivity contribution in [2.75, 3.05) is 39.3 Å². The molecule has 0 aromatic rings. The molecule has 1 atom stereocenters. The van der Waals surface area contributed by atoms with Gasteiger partial charge in [0, 0.05) is 38.8 Å². The first kappa shape index (κ1) is 13.7. The molecule has 1 aliphatic rings. The van der Waals surface area contributed by atoms with Crippen LogP contribution in [-0.4, -0.2) is 61.3 Å². The molecule has 1 aliphatic heterocycles. The van der Waals surface area contributed by atoms with Crippen molar-refractivity contribution in [3.63, 3.8) is 0 Å². The first-order valence-corrected chi connectivity index (χ1v) is 5.69. The summed E-state index contributed by atoms with van der Waals surface area (Å²) in [5.74, 6) is 0. The third-order valence-corrected chi connectivity index (χ3v) is 3.07. The van der Waals surface area contributed by atoms with Gasteiger partial charge in [-0.05, 0) is 6.42 Å². The van der Waals surface area contributed by atoms with Crippen LogP contribution in [0.2, 0.25) is 0 Å². The average Bonchev–Trinajstić information content (AvgIpc) is 2.20. The molecular formula is C10H20F3N3. The summed E-state index contributed by atoms with van der Waals surface area (Å²) in [6.45, 7) is 4.18. The van der Waals surface area contributed by atoms with Crippen molar-refractivity contribution in [2.24, 2.45) is 5.73 Å². The van der Waals surface area contributed by atoms with Crippen molar-refractivity contribution >= 4 is 0 Å². The molecule has 1 heterocycles. The van der Waals surface area contributed by atoms with E-state index in [4.69, 9.17) is 5.73 Å². The number of halogens is 3. The summed E-state index contributed by atoms with van der Waals surface area (Å²) in [4.78, 5) is 3.65. The Morgan fingerprint density at radius 1 is 1.19 bits per heavy atom. The summed E-state index contributed by atoms with van der Waals surface area (Å²) in [5.41, 5.74) is 5.62. The van der Waals surface area contributed by atoms with Crippen LogP contribution in [0.25, 0.3) is 0 Å². The van der Waals surface area contributed by atoms with E-state index >= 15 is 0 Å². The van der Waals surface area contributed by atoms with Gasteiger partial charge in [0.25, 0.3) is 0 Å². The number of hydrogen-bond acceptors (Lipinski definition) is 3. The van der Waals surface area contributed by atoms with E-state index in [1.165, 1.54) is 4.90 Å². The van der Waals surface area contributed by atoms with E-state index < -0.39 is 12.7 Å². The summed E-state index contributed by atoms with van der Waals surface area (Å²) in [5, 5.41) is 0. The van der Waals surface area contributed by atoms with E-state index in [9.17, 15) is 13.2 Å². The molecule has 6 heteroatoms. The minimum absolute atomic E-state index is 0.313. The number of nitrogens with two attached hydrogens (primary N) is 1. The molecule has 1 rings (SSSR count). The van der Waals surface area contributed by atoms with Gasteiger partial charge in [0.1, 0.15) is 0 Å². The van der Waals surface area contributed by atoms with Gasteiger partial charge in [-0.15, -0.1) is 0 Å². The molecule has 16 heavy (non-hydrogen) atoms. The Balaban J connectivity index is 2.33. The predicted molar refractivity (Wildman–Crippen MR) is 57.2 cm³/mol. The van der Waals surface area contributed by atoms with Crippen LogP contribution in [0.5, 0.6) is 0 Å². The maximum atomic E-state index is 12.2. The Hall–Kier alpha value is -0.330. The van der Waals surface area contributed by atoms with E-state index in [2.05, 4.69) is 11.8 Å². The Bertz CT molecular complexity index is 196. The normalized spacial score (nSPS) is 22.3. The summed E-state index contributed by atoms with van der Waals surface area (Å²) < 4.78 is 36.5. The monoisotopic (exact) mass is 239 g/mol. The van der Waals surface area contributed by atoms with E-state index in [0.29, 0.717) is 38.8 Å². The van der Waals surface area contributed by atoms with Crippen molar-refractivity contribution in [3.05, 3.63) is 0 Å². The van der Waals surface area contributed by atoms with Crippen LogP contribution >= 0.6 is 0 Å². The zero-order valence-corrected chi connectivity index (χ0v) is 9.63. The zero-order chi connectivity index (χ0) is 12.2. The van der Waals surface area contributed by atoms with Gasteiger partial charge < -0.3 is 5.73 Å². The average molecular weight is 239 g/mol. The molecule has 0 spiro atoms. The number of nitrogens with zero attached hydrogens (tertiary/aromatic N) is 2. The largest absolute Gasteiger partial charge is 0.401 e. The molecule has 96 valence electrons. The maximum Gasteiger partial charge on any atom is 0.401 e. The van der Waals surface area contributed by atoms with E-state index in [1.54, 1.807) is 0 Å². The van der Waals surface area contributed by atoms with E-state index in [0.717, 1.165) is 6.42 Å². The molecule has 0 amide bonds. The maximum absolute atomic E-state index is 12.2. The van der Waals surface area contributed by atoms with Crippen LogP contribution in [0, 0.1) is 0 Å². The van der Waals surface area contributed by atoms with Crippen LogP contribution < -0.4 is 5.73 Å². The summed E-state index contributed by atoms with van der Waals surface area (Å²) in [6, 6.07) is 0.313. The molecule has 0 aromatic carbocycles. The van der Waals surface area contributed by atoms with Crippen LogP contribution in [-0.2, 0) is 0 Å². The van der Waals surface area contributed by atoms with Crippen molar-refractivity contribution in [3.8, 4) is 0 Å². The van der Waals surface area contributed by atoms with Gasteiger partial charge in [0.05, 0.1) is 6.54 Å². The van der Waals surface area contributed by atoms with Crippen LogP contribution in [0.1, 0.15) is 13.3 Å². The number of hydrogen-bond donors (Lipinski definition) is 1. The topological polar surface area (TPSA) is 32.5 Å². The molecule has 2 N–H and O–H groups in total. The lowest BCUT2D eigenvalue weighted by Gasteiger charge is -2.38. The second-order valence-corrected chi connectivity index (χ2v) is 4.23. The zero-order valence-electron chi connectivity index (χ0n) is 9.63. The van der Waals surface area contributed by atoms with Gasteiger partial charge in [-0.1, -0.05) is 6.92 Å². The standard InChI is InChI=1S/C10H20F3N3/c1-2-9(7-14)16-5-3-15(4-6-16)8-10(11,12)13/h9H,2-8,14H2,1H3.